The van der Waals surface area contributed by atoms with E-state index in [0.29, 0.717) is 37.9 Å². The monoisotopic (exact) mass is 409 g/mol. The Hall–Kier alpha value is -3.16. The number of hydrogen-bond donors (Lipinski definition) is 1. The highest BCUT2D eigenvalue weighted by Gasteiger charge is 2.24. The number of H-pyrrole nitrogens is 1. The summed E-state index contributed by atoms with van der Waals surface area (Å²) in [6, 6.07) is 7.05. The van der Waals surface area contributed by atoms with Gasteiger partial charge in [-0.3, -0.25) is 14.4 Å². The van der Waals surface area contributed by atoms with Crippen LogP contribution in [0.1, 0.15) is 48.8 Å². The summed E-state index contributed by atoms with van der Waals surface area (Å²) in [7, 11) is 0. The second-order valence-electron chi connectivity index (χ2n) is 8.06. The number of aryl methyl sites for hydroxylation is 3. The number of carbonyl (C=O) groups excluding carboxylic acids is 1. The molecule has 0 aliphatic carbocycles. The van der Waals surface area contributed by atoms with Crippen molar-refractivity contribution in [1.29, 1.82) is 0 Å². The first kappa shape index (κ1) is 20.1. The van der Waals surface area contributed by atoms with Crippen LogP contribution in [0.3, 0.4) is 0 Å². The molecule has 0 saturated carbocycles. The molecule has 0 atom stereocenters. The molecule has 0 bridgehead atoms. The zero-order valence-electron chi connectivity index (χ0n) is 17.4. The van der Waals surface area contributed by atoms with Crippen molar-refractivity contribution in [3.8, 4) is 0 Å². The summed E-state index contributed by atoms with van der Waals surface area (Å²) in [5.74, 6) is 0.124. The molecule has 158 valence electrons. The Bertz CT molecular complexity index is 1180. The lowest BCUT2D eigenvalue weighted by Crippen LogP contribution is -2.41. The second-order valence-corrected chi connectivity index (χ2v) is 8.06. The molecule has 1 saturated heterocycles. The van der Waals surface area contributed by atoms with Gasteiger partial charge in [0.2, 0.25) is 5.91 Å². The molecule has 8 heteroatoms. The lowest BCUT2D eigenvalue weighted by Gasteiger charge is -2.32. The minimum atomic E-state index is -0.103. The van der Waals surface area contributed by atoms with Crippen LogP contribution >= 0.6 is 0 Å². The number of aromatic nitrogens is 4. The summed E-state index contributed by atoms with van der Waals surface area (Å²) >= 11 is 0. The van der Waals surface area contributed by atoms with Crippen LogP contribution in [0.15, 0.2) is 40.1 Å². The van der Waals surface area contributed by atoms with E-state index in [1.54, 1.807) is 16.8 Å². The van der Waals surface area contributed by atoms with Crippen LogP contribution in [0, 0.1) is 13.8 Å². The molecule has 0 unspecified atom stereocenters. The summed E-state index contributed by atoms with van der Waals surface area (Å²) in [5, 5.41) is 4.35. The zero-order valence-corrected chi connectivity index (χ0v) is 17.4. The van der Waals surface area contributed by atoms with Gasteiger partial charge in [-0.25, -0.2) is 4.68 Å². The summed E-state index contributed by atoms with van der Waals surface area (Å²) < 4.78 is 3.45. The van der Waals surface area contributed by atoms with Gasteiger partial charge in [-0.05, 0) is 57.7 Å². The topological polar surface area (TPSA) is 92.5 Å². The molecule has 1 aliphatic rings. The normalized spacial score (nSPS) is 15.1. The number of nitrogens with zero attached hydrogens (tertiary/aromatic N) is 4. The number of aromatic amines is 1. The highest BCUT2D eigenvalue weighted by molar-refractivity contribution is 5.76. The Balaban J connectivity index is 1.30. The largest absolute Gasteiger partial charge is 0.343 e. The molecule has 1 aliphatic heterocycles. The maximum Gasteiger partial charge on any atom is 0.272 e. The Labute approximate surface area is 174 Å². The summed E-state index contributed by atoms with van der Waals surface area (Å²) in [6.07, 6.45) is 5.18. The predicted octanol–water partition coefficient (Wildman–Crippen LogP) is 1.99. The summed E-state index contributed by atoms with van der Waals surface area (Å²) in [5.41, 5.74) is 3.11. The Morgan fingerprint density at radius 1 is 1.13 bits per heavy atom. The van der Waals surface area contributed by atoms with E-state index < -0.39 is 0 Å². The van der Waals surface area contributed by atoms with E-state index in [4.69, 9.17) is 0 Å². The number of nitrogens with one attached hydrogen (secondary N) is 1. The fourth-order valence-electron chi connectivity index (χ4n) is 4.16. The van der Waals surface area contributed by atoms with E-state index in [2.05, 4.69) is 10.1 Å². The van der Waals surface area contributed by atoms with Crippen molar-refractivity contribution in [3.63, 3.8) is 0 Å². The maximum atomic E-state index is 12.6. The molecular weight excluding hydrogens is 382 g/mol. The van der Waals surface area contributed by atoms with Crippen LogP contribution < -0.4 is 11.1 Å². The van der Waals surface area contributed by atoms with Crippen LogP contribution in [-0.4, -0.2) is 43.1 Å². The summed E-state index contributed by atoms with van der Waals surface area (Å²) in [4.78, 5) is 41.6. The van der Waals surface area contributed by atoms with Gasteiger partial charge >= 0.3 is 0 Å². The number of hydrogen-bond acceptors (Lipinski definition) is 4. The first-order valence-corrected chi connectivity index (χ1v) is 10.5. The minimum absolute atomic E-state index is 0.0445. The molecule has 8 nitrogen and oxygen atoms in total. The first-order valence-electron chi connectivity index (χ1n) is 10.5. The third-order valence-electron chi connectivity index (χ3n) is 5.87. The number of amides is 1. The van der Waals surface area contributed by atoms with Crippen molar-refractivity contribution in [1.82, 2.24) is 24.1 Å². The molecule has 3 aromatic rings. The quantitative estimate of drug-likeness (QED) is 0.697. The van der Waals surface area contributed by atoms with E-state index in [1.807, 2.05) is 41.5 Å². The van der Waals surface area contributed by atoms with Gasteiger partial charge in [0.1, 0.15) is 5.52 Å². The van der Waals surface area contributed by atoms with Crippen LogP contribution in [0.5, 0.6) is 0 Å². The predicted molar refractivity (Wildman–Crippen MR) is 114 cm³/mol. The number of fused-ring (bicyclic) bond motifs is 1. The molecule has 3 aromatic heterocycles. The zero-order chi connectivity index (χ0) is 21.3. The van der Waals surface area contributed by atoms with Gasteiger partial charge in [-0.1, -0.05) is 0 Å². The van der Waals surface area contributed by atoms with Gasteiger partial charge < -0.3 is 14.3 Å². The van der Waals surface area contributed by atoms with E-state index >= 15 is 0 Å². The van der Waals surface area contributed by atoms with Crippen molar-refractivity contribution >= 4 is 11.4 Å². The van der Waals surface area contributed by atoms with Crippen molar-refractivity contribution < 1.29 is 4.79 Å². The standard InChI is InChI=1S/C22H27N5O3/c1-15-6-9-21(29)27(24-15)18-10-12-25(13-11-18)20(28)5-3-4-17-14-26-16(2)7-8-19(26)22(30)23-17/h6-9,14,18H,3-5,10-13H2,1-2H3,(H,23,30). The number of rotatable bonds is 5. The Kier molecular flexibility index (Phi) is 5.57. The molecular formula is C22H27N5O3. The maximum absolute atomic E-state index is 12.6. The molecule has 1 fully saturated rings. The minimum Gasteiger partial charge on any atom is -0.343 e. The van der Waals surface area contributed by atoms with Crippen molar-refractivity contribution in [2.75, 3.05) is 13.1 Å². The van der Waals surface area contributed by atoms with E-state index in [0.717, 1.165) is 29.9 Å². The first-order chi connectivity index (χ1) is 14.4. The van der Waals surface area contributed by atoms with Crippen molar-refractivity contribution in [3.05, 3.63) is 68.3 Å². The van der Waals surface area contributed by atoms with E-state index in [1.165, 1.54) is 0 Å². The highest BCUT2D eigenvalue weighted by Crippen LogP contribution is 2.21. The van der Waals surface area contributed by atoms with Crippen LogP contribution in [0.2, 0.25) is 0 Å². The Morgan fingerprint density at radius 2 is 1.90 bits per heavy atom. The van der Waals surface area contributed by atoms with Crippen LogP contribution in [0.4, 0.5) is 0 Å². The van der Waals surface area contributed by atoms with Crippen LogP contribution in [0.25, 0.3) is 5.52 Å². The Morgan fingerprint density at radius 3 is 2.67 bits per heavy atom. The average Bonchev–Trinajstić information content (AvgIpc) is 3.11. The van der Waals surface area contributed by atoms with Crippen LogP contribution in [-0.2, 0) is 11.2 Å². The third-order valence-corrected chi connectivity index (χ3v) is 5.87. The molecule has 4 heterocycles. The van der Waals surface area contributed by atoms with Crippen molar-refractivity contribution in [2.24, 2.45) is 0 Å². The van der Waals surface area contributed by atoms with Gasteiger partial charge in [-0.15, -0.1) is 0 Å². The number of carbonyl (C=O) groups is 1. The molecule has 1 amide bonds. The number of piperidine rings is 1. The fourth-order valence-corrected chi connectivity index (χ4v) is 4.16. The third kappa shape index (κ3) is 4.08. The fraction of sp³-hybridized carbons (Fsp3) is 0.455. The molecule has 0 aromatic carbocycles. The molecule has 0 spiro atoms. The van der Waals surface area contributed by atoms with Gasteiger partial charge in [0.25, 0.3) is 11.1 Å². The second kappa shape index (κ2) is 8.30. The lowest BCUT2D eigenvalue weighted by atomic mass is 10.0. The summed E-state index contributed by atoms with van der Waals surface area (Å²) in [6.45, 7) is 5.11. The van der Waals surface area contributed by atoms with Crippen molar-refractivity contribution in [2.45, 2.75) is 52.0 Å². The van der Waals surface area contributed by atoms with Gasteiger partial charge in [-0.2, -0.15) is 5.10 Å². The smallest absolute Gasteiger partial charge is 0.272 e. The SMILES string of the molecule is Cc1ccc(=O)n(C2CCN(C(=O)CCCc3cn4c(C)ccc4c(=O)[nH]3)CC2)n1. The molecule has 1 N–H and O–H groups in total. The lowest BCUT2D eigenvalue weighted by molar-refractivity contribution is -0.132. The molecule has 4 rings (SSSR count). The van der Waals surface area contributed by atoms with E-state index in [-0.39, 0.29) is 23.1 Å². The average molecular weight is 409 g/mol. The highest BCUT2D eigenvalue weighted by atomic mass is 16.2. The molecule has 30 heavy (non-hydrogen) atoms. The number of likely N-dealkylation sites (tertiary alicyclic amines) is 1. The van der Waals surface area contributed by atoms with E-state index in [9.17, 15) is 14.4 Å². The van der Waals surface area contributed by atoms with Gasteiger partial charge in [0.05, 0.1) is 11.7 Å². The van der Waals surface area contributed by atoms with Gasteiger partial charge in [0.15, 0.2) is 0 Å². The van der Waals surface area contributed by atoms with Gasteiger partial charge in [0, 0.05) is 43.2 Å². The molecule has 0 radical (unpaired) electrons.